The van der Waals surface area contributed by atoms with Gasteiger partial charge in [0.25, 0.3) is 6.10 Å². The molecule has 0 bridgehead atoms. The molecule has 2 heterocycles. The maximum atomic E-state index is 12.5. The Morgan fingerprint density at radius 2 is 1.77 bits per heavy atom. The van der Waals surface area contributed by atoms with E-state index in [9.17, 15) is 35.9 Å². The van der Waals surface area contributed by atoms with Crippen LogP contribution in [0.2, 0.25) is 5.02 Å². The molecule has 14 heteroatoms. The average Bonchev–Trinajstić information content (AvgIpc) is 3.11. The van der Waals surface area contributed by atoms with Gasteiger partial charge >= 0.3 is 18.4 Å². The molecule has 2 amide bonds. The third-order valence-electron chi connectivity index (χ3n) is 6.19. The van der Waals surface area contributed by atoms with Crippen LogP contribution in [0.4, 0.5) is 36.8 Å². The number of piperidine rings is 1. The summed E-state index contributed by atoms with van der Waals surface area (Å²) in [5.41, 5.74) is 1.40. The van der Waals surface area contributed by atoms with E-state index in [1.165, 1.54) is 0 Å². The normalized spacial score (nSPS) is 18.2. The fourth-order valence-electron chi connectivity index (χ4n) is 4.29. The predicted molar refractivity (Wildman–Crippen MR) is 115 cm³/mol. The SMILES string of the molecule is O=C(NCCNCc1ccc(Cl)cc1N1CCC2(CCNC2=O)CC1)OC(C(F)(F)F)C(F)(F)F. The van der Waals surface area contributed by atoms with Crippen LogP contribution in [0.5, 0.6) is 0 Å². The van der Waals surface area contributed by atoms with E-state index in [0.29, 0.717) is 44.0 Å². The van der Waals surface area contributed by atoms with Crippen LogP contribution >= 0.6 is 11.6 Å². The number of amides is 2. The van der Waals surface area contributed by atoms with Crippen LogP contribution in [0, 0.1) is 5.41 Å². The van der Waals surface area contributed by atoms with E-state index >= 15 is 0 Å². The standard InChI is InChI=1S/C21H25ClF6N4O3/c22-14-2-1-13(15(11-14)32-9-4-19(5-10-32)3-6-30-17(19)33)12-29-7-8-31-18(34)35-16(20(23,24)25)21(26,27)28/h1-2,11,16,29H,3-10,12H2,(H,30,33)(H,31,34). The number of hydrogen-bond acceptors (Lipinski definition) is 5. The Morgan fingerprint density at radius 1 is 1.11 bits per heavy atom. The lowest BCUT2D eigenvalue weighted by molar-refractivity contribution is -0.306. The van der Waals surface area contributed by atoms with Gasteiger partial charge in [0.05, 0.1) is 5.41 Å². The lowest BCUT2D eigenvalue weighted by Crippen LogP contribution is -2.47. The molecule has 1 aromatic rings. The second-order valence-corrected chi connectivity index (χ2v) is 8.95. The van der Waals surface area contributed by atoms with Gasteiger partial charge < -0.3 is 25.6 Å². The molecule has 3 rings (SSSR count). The quantitative estimate of drug-likeness (QED) is 0.369. The van der Waals surface area contributed by atoms with Gasteiger partial charge in [-0.05, 0) is 37.0 Å². The molecule has 1 spiro atoms. The molecule has 2 fully saturated rings. The van der Waals surface area contributed by atoms with Crippen molar-refractivity contribution in [2.75, 3.05) is 37.6 Å². The van der Waals surface area contributed by atoms with E-state index in [1.54, 1.807) is 18.2 Å². The molecule has 0 radical (unpaired) electrons. The van der Waals surface area contributed by atoms with Crippen molar-refractivity contribution in [3.63, 3.8) is 0 Å². The number of carbonyl (C=O) groups is 2. The fourth-order valence-corrected chi connectivity index (χ4v) is 4.46. The minimum Gasteiger partial charge on any atom is -0.427 e. The van der Waals surface area contributed by atoms with Gasteiger partial charge in [0.15, 0.2) is 0 Å². The number of alkyl carbamates (subject to hydrolysis) is 1. The summed E-state index contributed by atoms with van der Waals surface area (Å²) < 4.78 is 78.3. The Morgan fingerprint density at radius 3 is 2.34 bits per heavy atom. The Kier molecular flexibility index (Phi) is 8.30. The zero-order valence-corrected chi connectivity index (χ0v) is 19.2. The molecule has 35 heavy (non-hydrogen) atoms. The van der Waals surface area contributed by atoms with Crippen molar-refractivity contribution >= 4 is 29.3 Å². The summed E-state index contributed by atoms with van der Waals surface area (Å²) in [6.45, 7) is 2.11. The van der Waals surface area contributed by atoms with Crippen LogP contribution in [-0.4, -0.2) is 63.2 Å². The van der Waals surface area contributed by atoms with Gasteiger partial charge in [0.1, 0.15) is 0 Å². The van der Waals surface area contributed by atoms with Crippen LogP contribution in [0.3, 0.4) is 0 Å². The largest absolute Gasteiger partial charge is 0.434 e. The number of nitrogens with one attached hydrogen (secondary N) is 3. The van der Waals surface area contributed by atoms with Gasteiger partial charge in [0.2, 0.25) is 5.91 Å². The zero-order chi connectivity index (χ0) is 25.9. The Balaban J connectivity index is 1.49. The first-order valence-electron chi connectivity index (χ1n) is 10.9. The number of carbonyl (C=O) groups excluding carboxylic acids is 2. The van der Waals surface area contributed by atoms with Crippen molar-refractivity contribution in [2.45, 2.75) is 44.3 Å². The number of anilines is 1. The number of halogens is 7. The molecule has 1 aromatic carbocycles. The number of ether oxygens (including phenoxy) is 1. The summed E-state index contributed by atoms with van der Waals surface area (Å²) in [4.78, 5) is 25.7. The van der Waals surface area contributed by atoms with Gasteiger partial charge in [-0.3, -0.25) is 4.79 Å². The number of rotatable bonds is 7. The fraction of sp³-hybridized carbons (Fsp3) is 0.619. The molecule has 7 nitrogen and oxygen atoms in total. The van der Waals surface area contributed by atoms with E-state index in [1.807, 2.05) is 5.32 Å². The zero-order valence-electron chi connectivity index (χ0n) is 18.5. The molecule has 3 N–H and O–H groups in total. The first kappa shape index (κ1) is 27.2. The van der Waals surface area contributed by atoms with Crippen molar-refractivity contribution < 1.29 is 40.7 Å². The molecule has 0 aromatic heterocycles. The lowest BCUT2D eigenvalue weighted by Gasteiger charge is -2.39. The van der Waals surface area contributed by atoms with Crippen molar-refractivity contribution in [1.29, 1.82) is 0 Å². The molecule has 0 atom stereocenters. The summed E-state index contributed by atoms with van der Waals surface area (Å²) >= 11 is 6.17. The molecule has 0 unspecified atom stereocenters. The van der Waals surface area contributed by atoms with Crippen LogP contribution < -0.4 is 20.9 Å². The van der Waals surface area contributed by atoms with Crippen molar-refractivity contribution in [2.24, 2.45) is 5.41 Å². The highest BCUT2D eigenvalue weighted by atomic mass is 35.5. The first-order chi connectivity index (χ1) is 16.3. The van der Waals surface area contributed by atoms with E-state index in [4.69, 9.17) is 11.6 Å². The van der Waals surface area contributed by atoms with Gasteiger partial charge in [0, 0.05) is 50.0 Å². The minimum atomic E-state index is -5.77. The van der Waals surface area contributed by atoms with Crippen molar-refractivity contribution in [3.05, 3.63) is 28.8 Å². The minimum absolute atomic E-state index is 0.0587. The average molecular weight is 531 g/mol. The van der Waals surface area contributed by atoms with Crippen molar-refractivity contribution in [1.82, 2.24) is 16.0 Å². The highest BCUT2D eigenvalue weighted by Gasteiger charge is 2.60. The number of benzene rings is 1. The summed E-state index contributed by atoms with van der Waals surface area (Å²) in [5.74, 6) is 0.0907. The second kappa shape index (κ2) is 10.7. The Bertz CT molecular complexity index is 905. The van der Waals surface area contributed by atoms with E-state index in [0.717, 1.165) is 17.7 Å². The van der Waals surface area contributed by atoms with Gasteiger partial charge in [-0.2, -0.15) is 26.3 Å². The Labute approximate surface area is 202 Å². The molecular formula is C21H25ClF6N4O3. The first-order valence-corrected chi connectivity index (χ1v) is 11.3. The van der Waals surface area contributed by atoms with Crippen molar-refractivity contribution in [3.8, 4) is 0 Å². The maximum absolute atomic E-state index is 12.5. The maximum Gasteiger partial charge on any atom is 0.434 e. The molecule has 196 valence electrons. The van der Waals surface area contributed by atoms with Crippen LogP contribution in [0.25, 0.3) is 0 Å². The highest BCUT2D eigenvalue weighted by Crippen LogP contribution is 2.40. The molecule has 0 aliphatic carbocycles. The third kappa shape index (κ3) is 6.84. The monoisotopic (exact) mass is 530 g/mol. The number of hydrogen-bond donors (Lipinski definition) is 3. The molecule has 0 saturated carbocycles. The van der Waals surface area contributed by atoms with Gasteiger partial charge in [-0.15, -0.1) is 0 Å². The summed E-state index contributed by atoms with van der Waals surface area (Å²) in [6, 6.07) is 5.30. The summed E-state index contributed by atoms with van der Waals surface area (Å²) in [7, 11) is 0. The van der Waals surface area contributed by atoms with Gasteiger partial charge in [-0.25, -0.2) is 4.79 Å². The Hall–Kier alpha value is -2.41. The lowest BCUT2D eigenvalue weighted by atomic mass is 9.77. The smallest absolute Gasteiger partial charge is 0.427 e. The molecule has 2 aliphatic heterocycles. The number of nitrogens with zero attached hydrogens (tertiary/aromatic N) is 1. The van der Waals surface area contributed by atoms with E-state index in [-0.39, 0.29) is 24.4 Å². The summed E-state index contributed by atoms with van der Waals surface area (Å²) in [6.07, 6.45) is -15.3. The van der Waals surface area contributed by atoms with E-state index in [2.05, 4.69) is 20.3 Å². The second-order valence-electron chi connectivity index (χ2n) is 8.52. The van der Waals surface area contributed by atoms with Crippen LogP contribution in [0.15, 0.2) is 18.2 Å². The predicted octanol–water partition coefficient (Wildman–Crippen LogP) is 3.76. The van der Waals surface area contributed by atoms with Gasteiger partial charge in [-0.1, -0.05) is 17.7 Å². The van der Waals surface area contributed by atoms with E-state index < -0.39 is 24.5 Å². The number of alkyl halides is 6. The highest BCUT2D eigenvalue weighted by molar-refractivity contribution is 6.30. The topological polar surface area (TPSA) is 82.7 Å². The summed E-state index contributed by atoms with van der Waals surface area (Å²) in [5, 5.41) is 8.26. The van der Waals surface area contributed by atoms with Crippen LogP contribution in [0.1, 0.15) is 24.8 Å². The third-order valence-corrected chi connectivity index (χ3v) is 6.42. The molecule has 2 aliphatic rings. The van der Waals surface area contributed by atoms with Crippen LogP contribution in [-0.2, 0) is 16.1 Å². The molecule has 2 saturated heterocycles. The molecular weight excluding hydrogens is 506 g/mol.